The summed E-state index contributed by atoms with van der Waals surface area (Å²) in [4.78, 5) is 17.0. The van der Waals surface area contributed by atoms with Crippen molar-refractivity contribution in [1.82, 2.24) is 15.1 Å². The van der Waals surface area contributed by atoms with E-state index in [0.29, 0.717) is 11.8 Å². The van der Waals surface area contributed by atoms with E-state index in [4.69, 9.17) is 0 Å². The van der Waals surface area contributed by atoms with Crippen LogP contribution >= 0.6 is 0 Å². The summed E-state index contributed by atoms with van der Waals surface area (Å²) in [5.74, 6) is 0.618. The zero-order valence-corrected chi connectivity index (χ0v) is 15.4. The second-order valence-electron chi connectivity index (χ2n) is 7.70. The third kappa shape index (κ3) is 6.80. The van der Waals surface area contributed by atoms with E-state index in [2.05, 4.69) is 29.2 Å². The molecule has 1 aliphatic heterocycles. The second kappa shape index (κ2) is 10.3. The Balaban J connectivity index is 1.46. The zero-order chi connectivity index (χ0) is 16.5. The summed E-state index contributed by atoms with van der Waals surface area (Å²) in [5.41, 5.74) is 0. The third-order valence-electron chi connectivity index (χ3n) is 5.77. The molecule has 1 aliphatic carbocycles. The fraction of sp³-hybridized carbons (Fsp3) is 0.947. The molecule has 2 fully saturated rings. The molecule has 4 heteroatoms. The lowest BCUT2D eigenvalue weighted by molar-refractivity contribution is -0.125. The molecule has 0 aromatic rings. The van der Waals surface area contributed by atoms with Crippen molar-refractivity contribution in [3.63, 3.8) is 0 Å². The molecule has 0 aromatic carbocycles. The maximum absolute atomic E-state index is 12.0. The number of nitrogens with zero attached hydrogens (tertiary/aromatic N) is 2. The Bertz CT molecular complexity index is 334. The largest absolute Gasteiger partial charge is 0.356 e. The first-order chi connectivity index (χ1) is 11.2. The van der Waals surface area contributed by atoms with E-state index in [0.717, 1.165) is 31.8 Å². The first kappa shape index (κ1) is 18.7. The quantitative estimate of drug-likeness (QED) is 0.698. The van der Waals surface area contributed by atoms with Crippen LogP contribution in [-0.4, -0.2) is 62.0 Å². The first-order valence-electron chi connectivity index (χ1n) is 9.83. The number of hydrogen-bond donors (Lipinski definition) is 1. The van der Waals surface area contributed by atoms with Crippen LogP contribution in [-0.2, 0) is 4.79 Å². The van der Waals surface area contributed by atoms with Gasteiger partial charge in [-0.25, -0.2) is 0 Å². The van der Waals surface area contributed by atoms with Gasteiger partial charge in [0.15, 0.2) is 0 Å². The highest BCUT2D eigenvalue weighted by molar-refractivity contribution is 5.78. The Morgan fingerprint density at radius 2 is 1.74 bits per heavy atom. The van der Waals surface area contributed by atoms with Crippen molar-refractivity contribution in [2.24, 2.45) is 5.92 Å². The van der Waals surface area contributed by atoms with Crippen molar-refractivity contribution >= 4 is 5.91 Å². The molecular weight excluding hydrogens is 286 g/mol. The van der Waals surface area contributed by atoms with Crippen LogP contribution in [0.4, 0.5) is 0 Å². The number of piperidine rings is 1. The Kier molecular flexibility index (Phi) is 8.38. The van der Waals surface area contributed by atoms with Crippen LogP contribution in [0.15, 0.2) is 0 Å². The predicted octanol–water partition coefficient (Wildman–Crippen LogP) is 2.88. The number of amides is 1. The molecular formula is C19H37N3O. The molecule has 0 aromatic heterocycles. The molecule has 1 N–H and O–H groups in total. The summed E-state index contributed by atoms with van der Waals surface area (Å²) in [6.45, 7) is 4.54. The van der Waals surface area contributed by atoms with E-state index in [1.165, 1.54) is 64.6 Å². The van der Waals surface area contributed by atoms with Crippen molar-refractivity contribution in [3.8, 4) is 0 Å². The molecule has 1 saturated carbocycles. The fourth-order valence-corrected chi connectivity index (χ4v) is 4.00. The van der Waals surface area contributed by atoms with Crippen LogP contribution < -0.4 is 5.32 Å². The van der Waals surface area contributed by atoms with Gasteiger partial charge in [0, 0.05) is 18.5 Å². The summed E-state index contributed by atoms with van der Waals surface area (Å²) in [6.07, 6.45) is 12.2. The van der Waals surface area contributed by atoms with Gasteiger partial charge < -0.3 is 15.1 Å². The number of nitrogens with one attached hydrogen (secondary N) is 1. The average Bonchev–Trinajstić information content (AvgIpc) is 2.59. The number of unbranched alkanes of at least 4 members (excludes halogenated alkanes) is 2. The molecule has 2 aliphatic rings. The minimum atomic E-state index is 0.305. The summed E-state index contributed by atoms with van der Waals surface area (Å²) in [5, 5.41) is 3.15. The van der Waals surface area contributed by atoms with Crippen molar-refractivity contribution in [2.75, 3.05) is 40.3 Å². The Labute approximate surface area is 143 Å². The van der Waals surface area contributed by atoms with E-state index in [1.807, 2.05) is 0 Å². The average molecular weight is 324 g/mol. The first-order valence-corrected chi connectivity index (χ1v) is 9.83. The van der Waals surface area contributed by atoms with Gasteiger partial charge in [0.25, 0.3) is 0 Å². The zero-order valence-electron chi connectivity index (χ0n) is 15.4. The van der Waals surface area contributed by atoms with Crippen LogP contribution in [0.3, 0.4) is 0 Å². The molecule has 1 saturated heterocycles. The lowest BCUT2D eigenvalue weighted by Gasteiger charge is -2.35. The minimum absolute atomic E-state index is 0.305. The summed E-state index contributed by atoms with van der Waals surface area (Å²) >= 11 is 0. The SMILES string of the molecule is CN1CCC(N(C)CCCCCNC(=O)C2CCCCC2)CC1. The Morgan fingerprint density at radius 3 is 2.43 bits per heavy atom. The monoisotopic (exact) mass is 323 g/mol. The summed E-state index contributed by atoms with van der Waals surface area (Å²) in [7, 11) is 4.50. The maximum atomic E-state index is 12.0. The van der Waals surface area contributed by atoms with Crippen LogP contribution in [0.2, 0.25) is 0 Å². The molecule has 4 nitrogen and oxygen atoms in total. The van der Waals surface area contributed by atoms with Gasteiger partial charge in [-0.15, -0.1) is 0 Å². The van der Waals surface area contributed by atoms with Gasteiger partial charge in [0.1, 0.15) is 0 Å². The van der Waals surface area contributed by atoms with Crippen molar-refractivity contribution in [2.45, 2.75) is 70.3 Å². The number of rotatable bonds is 8. The minimum Gasteiger partial charge on any atom is -0.356 e. The molecule has 0 bridgehead atoms. The highest BCUT2D eigenvalue weighted by Gasteiger charge is 2.21. The fourth-order valence-electron chi connectivity index (χ4n) is 4.00. The number of carbonyl (C=O) groups is 1. The molecule has 2 rings (SSSR count). The standard InChI is InChI=1S/C19H37N3O/c1-21-15-11-18(12-16-21)22(2)14-8-4-7-13-20-19(23)17-9-5-3-6-10-17/h17-18H,3-16H2,1-2H3,(H,20,23). The Morgan fingerprint density at radius 1 is 1.04 bits per heavy atom. The van der Waals surface area contributed by atoms with Gasteiger partial charge in [0.2, 0.25) is 5.91 Å². The van der Waals surface area contributed by atoms with Crippen LogP contribution in [0, 0.1) is 5.92 Å². The van der Waals surface area contributed by atoms with Gasteiger partial charge in [-0.1, -0.05) is 25.7 Å². The lowest BCUT2D eigenvalue weighted by Crippen LogP contribution is -2.42. The van der Waals surface area contributed by atoms with E-state index in [1.54, 1.807) is 0 Å². The summed E-state index contributed by atoms with van der Waals surface area (Å²) < 4.78 is 0. The normalized spacial score (nSPS) is 21.7. The summed E-state index contributed by atoms with van der Waals surface area (Å²) in [6, 6.07) is 0.775. The van der Waals surface area contributed by atoms with Crippen molar-refractivity contribution < 1.29 is 4.79 Å². The number of hydrogen-bond acceptors (Lipinski definition) is 3. The van der Waals surface area contributed by atoms with Crippen molar-refractivity contribution in [1.29, 1.82) is 0 Å². The highest BCUT2D eigenvalue weighted by Crippen LogP contribution is 2.23. The molecule has 0 unspecified atom stereocenters. The maximum Gasteiger partial charge on any atom is 0.223 e. The third-order valence-corrected chi connectivity index (χ3v) is 5.77. The topological polar surface area (TPSA) is 35.6 Å². The molecule has 1 amide bonds. The van der Waals surface area contributed by atoms with Gasteiger partial charge in [0.05, 0.1) is 0 Å². The molecule has 23 heavy (non-hydrogen) atoms. The molecule has 0 atom stereocenters. The van der Waals surface area contributed by atoms with Crippen molar-refractivity contribution in [3.05, 3.63) is 0 Å². The number of likely N-dealkylation sites (tertiary alicyclic amines) is 1. The van der Waals surface area contributed by atoms with Crippen LogP contribution in [0.5, 0.6) is 0 Å². The smallest absolute Gasteiger partial charge is 0.223 e. The van der Waals surface area contributed by atoms with Gasteiger partial charge in [-0.3, -0.25) is 4.79 Å². The van der Waals surface area contributed by atoms with E-state index in [9.17, 15) is 4.79 Å². The van der Waals surface area contributed by atoms with E-state index in [-0.39, 0.29) is 0 Å². The van der Waals surface area contributed by atoms with Crippen LogP contribution in [0.25, 0.3) is 0 Å². The van der Waals surface area contributed by atoms with Gasteiger partial charge in [-0.2, -0.15) is 0 Å². The lowest BCUT2D eigenvalue weighted by atomic mass is 9.89. The van der Waals surface area contributed by atoms with Gasteiger partial charge in [-0.05, 0) is 72.3 Å². The highest BCUT2D eigenvalue weighted by atomic mass is 16.1. The second-order valence-corrected chi connectivity index (χ2v) is 7.70. The molecule has 0 radical (unpaired) electrons. The molecule has 0 spiro atoms. The Hall–Kier alpha value is -0.610. The molecule has 134 valence electrons. The van der Waals surface area contributed by atoms with Crippen LogP contribution in [0.1, 0.15) is 64.2 Å². The predicted molar refractivity (Wildman–Crippen MR) is 96.6 cm³/mol. The van der Waals surface area contributed by atoms with Gasteiger partial charge >= 0.3 is 0 Å². The molecule has 1 heterocycles. The number of carbonyl (C=O) groups excluding carboxylic acids is 1. The van der Waals surface area contributed by atoms with E-state index >= 15 is 0 Å². The van der Waals surface area contributed by atoms with E-state index < -0.39 is 0 Å².